The number of carbonyl (C=O) groups is 2. The summed E-state index contributed by atoms with van der Waals surface area (Å²) in [6, 6.07) is 5.91. The monoisotopic (exact) mass is 473 g/mol. The molecule has 0 atom stereocenters. The van der Waals surface area contributed by atoms with Crippen LogP contribution in [0.2, 0.25) is 0 Å². The number of nitrogens with zero attached hydrogens (tertiary/aromatic N) is 1. The lowest BCUT2D eigenvalue weighted by Gasteiger charge is -2.30. The van der Waals surface area contributed by atoms with Crippen LogP contribution in [0.5, 0.6) is 23.1 Å². The molecule has 182 valence electrons. The van der Waals surface area contributed by atoms with Gasteiger partial charge in [0.1, 0.15) is 22.7 Å². The van der Waals surface area contributed by atoms with Gasteiger partial charge in [0, 0.05) is 18.2 Å². The average Bonchev–Trinajstić information content (AvgIpc) is 3.23. The number of ether oxygens (including phenoxy) is 4. The van der Waals surface area contributed by atoms with E-state index < -0.39 is 23.4 Å². The molecule has 2 aliphatic rings. The van der Waals surface area contributed by atoms with Crippen LogP contribution in [0.15, 0.2) is 30.5 Å². The van der Waals surface area contributed by atoms with E-state index in [0.29, 0.717) is 42.9 Å². The molecule has 1 fully saturated rings. The first-order valence-electron chi connectivity index (χ1n) is 11.2. The van der Waals surface area contributed by atoms with E-state index in [9.17, 15) is 14.0 Å². The van der Waals surface area contributed by atoms with E-state index in [-0.39, 0.29) is 30.3 Å². The Hall–Kier alpha value is -3.56. The number of hydrogen-bond donors (Lipinski definition) is 2. The summed E-state index contributed by atoms with van der Waals surface area (Å²) in [6.45, 7) is 5.55. The average molecular weight is 474 g/mol. The third-order valence-electron chi connectivity index (χ3n) is 5.40. The number of alkyl carbamates (subject to hydrolysis) is 1. The van der Waals surface area contributed by atoms with E-state index in [1.807, 2.05) is 20.8 Å². The lowest BCUT2D eigenvalue weighted by molar-refractivity contribution is 0.0487. The molecule has 0 saturated heterocycles. The predicted octanol–water partition coefficient (Wildman–Crippen LogP) is 4.31. The molecule has 4 rings (SSSR count). The van der Waals surface area contributed by atoms with Crippen molar-refractivity contribution in [3.8, 4) is 23.1 Å². The Morgan fingerprint density at radius 3 is 2.41 bits per heavy atom. The molecular formula is C24H28FN3O6. The Morgan fingerprint density at radius 1 is 1.03 bits per heavy atom. The Bertz CT molecular complexity index is 1060. The molecule has 34 heavy (non-hydrogen) atoms. The Kier molecular flexibility index (Phi) is 6.76. The van der Waals surface area contributed by atoms with Crippen LogP contribution in [0.1, 0.15) is 56.8 Å². The number of aromatic nitrogens is 1. The van der Waals surface area contributed by atoms with Gasteiger partial charge < -0.3 is 29.6 Å². The minimum absolute atomic E-state index is 0.00771. The molecule has 2 N–H and O–H groups in total. The standard InChI is InChI=1S/C24H28FN3O6/c1-24(2,3)34-23(30)28-16-6-4-15(5-7-16)27-21(29)18-10-14(25)12-26-22(18)33-17-8-9-19-20(11-17)32-13-31-19/h8-12,15-16H,4-7,13H2,1-3H3,(H,27,29)(H,28,30). The summed E-state index contributed by atoms with van der Waals surface area (Å²) in [6.07, 6.45) is 3.24. The normalized spacial score (nSPS) is 19.3. The number of halogens is 1. The smallest absolute Gasteiger partial charge is 0.407 e. The van der Waals surface area contributed by atoms with Gasteiger partial charge in [-0.25, -0.2) is 14.2 Å². The highest BCUT2D eigenvalue weighted by atomic mass is 19.1. The van der Waals surface area contributed by atoms with Gasteiger partial charge >= 0.3 is 6.09 Å². The third-order valence-corrected chi connectivity index (χ3v) is 5.40. The van der Waals surface area contributed by atoms with Gasteiger partial charge in [0.2, 0.25) is 12.7 Å². The highest BCUT2D eigenvalue weighted by Gasteiger charge is 2.27. The summed E-state index contributed by atoms with van der Waals surface area (Å²) >= 11 is 0. The van der Waals surface area contributed by atoms with Crippen LogP contribution in [-0.2, 0) is 4.74 Å². The quantitative estimate of drug-likeness (QED) is 0.666. The van der Waals surface area contributed by atoms with Gasteiger partial charge in [-0.2, -0.15) is 0 Å². The van der Waals surface area contributed by atoms with Crippen molar-refractivity contribution >= 4 is 12.0 Å². The Labute approximate surface area is 196 Å². The number of benzene rings is 1. The molecule has 2 heterocycles. The topological polar surface area (TPSA) is 108 Å². The second-order valence-electron chi connectivity index (χ2n) is 9.29. The van der Waals surface area contributed by atoms with Crippen molar-refractivity contribution in [1.82, 2.24) is 15.6 Å². The second-order valence-corrected chi connectivity index (χ2v) is 9.29. The summed E-state index contributed by atoms with van der Waals surface area (Å²) < 4.78 is 35.6. The van der Waals surface area contributed by atoms with Crippen molar-refractivity contribution in [2.75, 3.05) is 6.79 Å². The van der Waals surface area contributed by atoms with E-state index in [0.717, 1.165) is 12.3 Å². The Balaban J connectivity index is 1.35. The largest absolute Gasteiger partial charge is 0.454 e. The lowest BCUT2D eigenvalue weighted by atomic mass is 9.91. The van der Waals surface area contributed by atoms with Crippen LogP contribution in [0.4, 0.5) is 9.18 Å². The summed E-state index contributed by atoms with van der Waals surface area (Å²) in [5.41, 5.74) is -0.569. The molecule has 1 aromatic heterocycles. The molecule has 2 aromatic rings. The minimum atomic E-state index is -0.645. The van der Waals surface area contributed by atoms with Gasteiger partial charge in [-0.05, 0) is 64.7 Å². The summed E-state index contributed by atoms with van der Waals surface area (Å²) in [5, 5.41) is 5.80. The maximum absolute atomic E-state index is 13.9. The molecule has 1 aliphatic carbocycles. The fraction of sp³-hybridized carbons (Fsp3) is 0.458. The first-order valence-corrected chi connectivity index (χ1v) is 11.2. The molecule has 10 heteroatoms. The number of rotatable bonds is 5. The van der Waals surface area contributed by atoms with Crippen LogP contribution < -0.4 is 24.8 Å². The van der Waals surface area contributed by atoms with Crippen molar-refractivity contribution < 1.29 is 32.9 Å². The number of amides is 2. The van der Waals surface area contributed by atoms with Gasteiger partial charge in [-0.1, -0.05) is 0 Å². The molecule has 0 spiro atoms. The van der Waals surface area contributed by atoms with E-state index >= 15 is 0 Å². The van der Waals surface area contributed by atoms with Crippen LogP contribution in [0.3, 0.4) is 0 Å². The molecule has 1 saturated carbocycles. The van der Waals surface area contributed by atoms with Gasteiger partial charge in [0.05, 0.1) is 6.20 Å². The zero-order chi connectivity index (χ0) is 24.3. The molecule has 0 unspecified atom stereocenters. The number of carbonyl (C=O) groups excluding carboxylic acids is 2. The van der Waals surface area contributed by atoms with E-state index in [1.165, 1.54) is 0 Å². The Morgan fingerprint density at radius 2 is 1.71 bits per heavy atom. The number of nitrogens with one attached hydrogen (secondary N) is 2. The van der Waals surface area contributed by atoms with Crippen molar-refractivity contribution in [3.63, 3.8) is 0 Å². The summed E-state index contributed by atoms with van der Waals surface area (Å²) in [4.78, 5) is 28.9. The maximum Gasteiger partial charge on any atom is 0.407 e. The summed E-state index contributed by atoms with van der Waals surface area (Å²) in [5.74, 6) is 0.348. The summed E-state index contributed by atoms with van der Waals surface area (Å²) in [7, 11) is 0. The molecule has 0 radical (unpaired) electrons. The zero-order valence-corrected chi connectivity index (χ0v) is 19.4. The van der Waals surface area contributed by atoms with Crippen LogP contribution in [-0.4, -0.2) is 41.5 Å². The van der Waals surface area contributed by atoms with Crippen molar-refractivity contribution in [2.24, 2.45) is 0 Å². The first-order chi connectivity index (χ1) is 16.2. The van der Waals surface area contributed by atoms with Gasteiger partial charge in [0.25, 0.3) is 5.91 Å². The zero-order valence-electron chi connectivity index (χ0n) is 19.4. The molecule has 0 bridgehead atoms. The SMILES string of the molecule is CC(C)(C)OC(=O)NC1CCC(NC(=O)c2cc(F)cnc2Oc2ccc3c(c2)OCO3)CC1. The molecule has 1 aromatic carbocycles. The second kappa shape index (κ2) is 9.74. The van der Waals surface area contributed by atoms with Gasteiger partial charge in [0.15, 0.2) is 11.5 Å². The van der Waals surface area contributed by atoms with Crippen molar-refractivity contribution in [2.45, 2.75) is 64.1 Å². The van der Waals surface area contributed by atoms with E-state index in [1.54, 1.807) is 18.2 Å². The number of fused-ring (bicyclic) bond motifs is 1. The number of pyridine rings is 1. The van der Waals surface area contributed by atoms with Crippen molar-refractivity contribution in [1.29, 1.82) is 0 Å². The fourth-order valence-corrected chi connectivity index (χ4v) is 3.84. The molecule has 2 amide bonds. The molecule has 1 aliphatic heterocycles. The van der Waals surface area contributed by atoms with Crippen LogP contribution >= 0.6 is 0 Å². The fourth-order valence-electron chi connectivity index (χ4n) is 3.84. The molecule has 9 nitrogen and oxygen atoms in total. The third kappa shape index (κ3) is 6.06. The van der Waals surface area contributed by atoms with Crippen LogP contribution in [0.25, 0.3) is 0 Å². The van der Waals surface area contributed by atoms with E-state index in [4.69, 9.17) is 18.9 Å². The molecular weight excluding hydrogens is 445 g/mol. The van der Waals surface area contributed by atoms with Gasteiger partial charge in [-0.15, -0.1) is 0 Å². The maximum atomic E-state index is 13.9. The van der Waals surface area contributed by atoms with E-state index in [2.05, 4.69) is 15.6 Å². The lowest BCUT2D eigenvalue weighted by Crippen LogP contribution is -2.45. The van der Waals surface area contributed by atoms with Crippen LogP contribution in [0, 0.1) is 5.82 Å². The minimum Gasteiger partial charge on any atom is -0.454 e. The van der Waals surface area contributed by atoms with Crippen molar-refractivity contribution in [3.05, 3.63) is 41.8 Å². The predicted molar refractivity (Wildman–Crippen MR) is 120 cm³/mol. The highest BCUT2D eigenvalue weighted by Crippen LogP contribution is 2.36. The number of hydrogen-bond acceptors (Lipinski definition) is 7. The first kappa shape index (κ1) is 23.6. The highest BCUT2D eigenvalue weighted by molar-refractivity contribution is 5.96. The van der Waals surface area contributed by atoms with Gasteiger partial charge in [-0.3, -0.25) is 4.79 Å².